The first kappa shape index (κ1) is 38.5. The van der Waals surface area contributed by atoms with Crippen molar-refractivity contribution in [2.75, 3.05) is 19.6 Å². The molecule has 40 heavy (non-hydrogen) atoms. The lowest BCUT2D eigenvalue weighted by molar-refractivity contribution is -0.112. The second-order valence-corrected chi connectivity index (χ2v) is 9.16. The molecule has 3 N–H and O–H groups in total. The summed E-state index contributed by atoms with van der Waals surface area (Å²) in [5.74, 6) is 2.93. The summed E-state index contributed by atoms with van der Waals surface area (Å²) in [7, 11) is 0. The molecule has 0 bridgehead atoms. The van der Waals surface area contributed by atoms with Crippen LogP contribution in [0.5, 0.6) is 0 Å². The quantitative estimate of drug-likeness (QED) is 0.0661. The maximum absolute atomic E-state index is 11.0. The van der Waals surface area contributed by atoms with Gasteiger partial charge < -0.3 is 11.1 Å². The SMILES string of the molecule is C#CC.C=C(C)C/C=N/N(/C=C\C(C)=O)/C(=C/C)CC=N.C=CCC(N=C)=N/C=C(\CC)CN1CCC(N)CC1. The van der Waals surface area contributed by atoms with Crippen molar-refractivity contribution in [2.45, 2.75) is 79.2 Å². The molecule has 1 rings (SSSR count). The first-order valence-electron chi connectivity index (χ1n) is 13.6. The highest BCUT2D eigenvalue weighted by molar-refractivity contribution is 5.88. The Balaban J connectivity index is 0. The van der Waals surface area contributed by atoms with Crippen molar-refractivity contribution in [3.05, 3.63) is 60.6 Å². The zero-order valence-corrected chi connectivity index (χ0v) is 25.4. The average Bonchev–Trinajstić information content (AvgIpc) is 2.92. The molecule has 1 aliphatic heterocycles. The number of rotatable bonds is 14. The van der Waals surface area contributed by atoms with Crippen LogP contribution in [-0.4, -0.2) is 66.4 Å². The van der Waals surface area contributed by atoms with Crippen molar-refractivity contribution < 1.29 is 4.79 Å². The van der Waals surface area contributed by atoms with Crippen molar-refractivity contribution in [1.29, 1.82) is 5.41 Å². The van der Waals surface area contributed by atoms with E-state index in [0.29, 0.717) is 25.3 Å². The number of nitrogens with two attached hydrogens (primary N) is 1. The predicted octanol–water partition coefficient (Wildman–Crippen LogP) is 6.30. The highest BCUT2D eigenvalue weighted by Gasteiger charge is 2.16. The zero-order chi connectivity index (χ0) is 30.8. The Labute approximate surface area is 243 Å². The molecule has 1 heterocycles. The number of terminal acetylenes is 1. The lowest BCUT2D eigenvalue weighted by atomic mass is 10.1. The molecule has 1 fully saturated rings. The first-order valence-corrected chi connectivity index (χ1v) is 13.6. The molecule has 0 radical (unpaired) electrons. The number of hydrogen-bond acceptors (Lipinski definition) is 7. The van der Waals surface area contributed by atoms with Crippen LogP contribution >= 0.6 is 0 Å². The summed E-state index contributed by atoms with van der Waals surface area (Å²) in [4.78, 5) is 21.7. The summed E-state index contributed by atoms with van der Waals surface area (Å²) in [6.07, 6.45) is 21.3. The Morgan fingerprint density at radius 2 is 1.88 bits per heavy atom. The largest absolute Gasteiger partial charge is 0.328 e. The predicted molar refractivity (Wildman–Crippen MR) is 175 cm³/mol. The van der Waals surface area contributed by atoms with Crippen molar-refractivity contribution in [2.24, 2.45) is 20.8 Å². The lowest BCUT2D eigenvalue weighted by Gasteiger charge is -2.30. The van der Waals surface area contributed by atoms with Crippen LogP contribution in [0, 0.1) is 17.8 Å². The molecule has 0 spiro atoms. The number of allylic oxidation sites excluding steroid dienone is 4. The lowest BCUT2D eigenvalue weighted by Crippen LogP contribution is -2.40. The molecule has 1 saturated heterocycles. The van der Waals surface area contributed by atoms with Gasteiger partial charge in [0, 0.05) is 62.4 Å². The number of hydrazone groups is 1. The number of carbonyl (C=O) groups is 1. The van der Waals surface area contributed by atoms with Gasteiger partial charge in [0.1, 0.15) is 5.84 Å². The van der Waals surface area contributed by atoms with E-state index in [4.69, 9.17) is 11.1 Å². The molecule has 0 amide bonds. The minimum atomic E-state index is -0.0413. The van der Waals surface area contributed by atoms with Gasteiger partial charge in [-0.3, -0.25) is 9.69 Å². The van der Waals surface area contributed by atoms with Gasteiger partial charge in [-0.15, -0.1) is 18.9 Å². The number of piperidine rings is 1. The highest BCUT2D eigenvalue weighted by Crippen LogP contribution is 2.13. The van der Waals surface area contributed by atoms with Crippen LogP contribution in [0.3, 0.4) is 0 Å². The molecule has 0 atom stereocenters. The maximum Gasteiger partial charge on any atom is 0.154 e. The molecule has 0 aromatic carbocycles. The van der Waals surface area contributed by atoms with Crippen LogP contribution in [0.25, 0.3) is 0 Å². The number of ketones is 1. The van der Waals surface area contributed by atoms with Gasteiger partial charge in [0.05, 0.1) is 0 Å². The fourth-order valence-electron chi connectivity index (χ4n) is 3.21. The molecule has 8 heteroatoms. The topological polar surface area (TPSA) is 110 Å². The Morgan fingerprint density at radius 1 is 1.25 bits per heavy atom. The summed E-state index contributed by atoms with van der Waals surface area (Å²) in [6, 6.07) is 0.382. The van der Waals surface area contributed by atoms with Crippen molar-refractivity contribution >= 4 is 30.8 Å². The van der Waals surface area contributed by atoms with Gasteiger partial charge in [0.2, 0.25) is 0 Å². The van der Waals surface area contributed by atoms with Gasteiger partial charge in [0.15, 0.2) is 5.78 Å². The molecule has 0 aromatic heterocycles. The molecule has 0 unspecified atom stereocenters. The van der Waals surface area contributed by atoms with E-state index in [2.05, 4.69) is 59.1 Å². The monoisotopic (exact) mass is 549 g/mol. The summed E-state index contributed by atoms with van der Waals surface area (Å²) >= 11 is 0. The number of aliphatic imine (C=N–C) groups is 2. The van der Waals surface area contributed by atoms with Crippen LogP contribution < -0.4 is 5.73 Å². The van der Waals surface area contributed by atoms with Gasteiger partial charge >= 0.3 is 0 Å². The van der Waals surface area contributed by atoms with Crippen molar-refractivity contribution in [1.82, 2.24) is 9.91 Å². The number of likely N-dealkylation sites (tertiary alicyclic amines) is 1. The smallest absolute Gasteiger partial charge is 0.154 e. The average molecular weight is 550 g/mol. The second kappa shape index (κ2) is 25.6. The normalized spacial score (nSPS) is 14.9. The van der Waals surface area contributed by atoms with Crippen LogP contribution in [0.4, 0.5) is 0 Å². The van der Waals surface area contributed by atoms with E-state index >= 15 is 0 Å². The fraction of sp³-hybridized carbons (Fsp3) is 0.469. The Hall–Kier alpha value is -3.67. The number of nitrogens with zero attached hydrogens (tertiary/aromatic N) is 5. The molecule has 0 saturated carbocycles. The minimum absolute atomic E-state index is 0.0413. The summed E-state index contributed by atoms with van der Waals surface area (Å²) in [5, 5.41) is 13.0. The molecule has 8 nitrogen and oxygen atoms in total. The Bertz CT molecular complexity index is 972. The van der Waals surface area contributed by atoms with Gasteiger partial charge in [0.25, 0.3) is 0 Å². The van der Waals surface area contributed by atoms with Crippen LogP contribution in [0.1, 0.15) is 73.1 Å². The van der Waals surface area contributed by atoms with Crippen LogP contribution in [-0.2, 0) is 4.79 Å². The molecule has 0 aliphatic carbocycles. The van der Waals surface area contributed by atoms with E-state index in [-0.39, 0.29) is 5.78 Å². The molecule has 1 aliphatic rings. The molecule has 0 aromatic rings. The molecule has 220 valence electrons. The third-order valence-corrected chi connectivity index (χ3v) is 5.45. The Morgan fingerprint density at radius 3 is 2.33 bits per heavy atom. The minimum Gasteiger partial charge on any atom is -0.328 e. The molecular weight excluding hydrogens is 498 g/mol. The van der Waals surface area contributed by atoms with E-state index in [1.807, 2.05) is 26.1 Å². The number of hydrogen-bond donors (Lipinski definition) is 2. The van der Waals surface area contributed by atoms with Crippen molar-refractivity contribution in [3.63, 3.8) is 0 Å². The first-order chi connectivity index (χ1) is 19.1. The number of amidine groups is 1. The van der Waals surface area contributed by atoms with Gasteiger partial charge in [-0.25, -0.2) is 15.0 Å². The number of carbonyl (C=O) groups excluding carboxylic acids is 1. The van der Waals surface area contributed by atoms with Crippen LogP contribution in [0.2, 0.25) is 0 Å². The highest BCUT2D eigenvalue weighted by atomic mass is 16.1. The third-order valence-electron chi connectivity index (χ3n) is 5.45. The standard InChI is InChI=1S/C15H26N4.C14H21N3O.C3H4/c1-4-6-15(17-3)18-11-13(5-2)12-19-9-7-14(16)8-10-19;1-5-14(6-9-15)17(11-8-13(4)18)16-10-7-12(2)3;1-3-2/h4,11,14H,1,3,5-10,12,16H2,2H3;5,8-11,15H,2,6-7H2,1,3-4H3;1H,2H3/b13-11+,18-15?;11-8-,14-5+,15-9?,16-10+;. The zero-order valence-electron chi connectivity index (χ0n) is 25.4. The third kappa shape index (κ3) is 21.3. The van der Waals surface area contributed by atoms with Gasteiger partial charge in [-0.2, -0.15) is 5.10 Å². The fourth-order valence-corrected chi connectivity index (χ4v) is 3.21. The van der Waals surface area contributed by atoms with E-state index in [0.717, 1.165) is 56.0 Å². The van der Waals surface area contributed by atoms with Gasteiger partial charge in [-0.1, -0.05) is 31.2 Å². The molecular formula is C32H51N7O. The van der Waals surface area contributed by atoms with E-state index in [1.54, 1.807) is 30.4 Å². The summed E-state index contributed by atoms with van der Waals surface area (Å²) in [6.45, 7) is 23.3. The van der Waals surface area contributed by atoms with E-state index in [1.165, 1.54) is 24.8 Å². The van der Waals surface area contributed by atoms with Gasteiger partial charge in [-0.05, 0) is 78.4 Å². The number of nitrogens with one attached hydrogen (secondary N) is 1. The summed E-state index contributed by atoms with van der Waals surface area (Å²) < 4.78 is 0. The van der Waals surface area contributed by atoms with E-state index in [9.17, 15) is 4.79 Å². The Kier molecular flexibility index (Phi) is 24.6. The van der Waals surface area contributed by atoms with Crippen LogP contribution in [0.15, 0.2) is 75.7 Å². The maximum atomic E-state index is 11.0. The second-order valence-electron chi connectivity index (χ2n) is 9.16. The summed E-state index contributed by atoms with van der Waals surface area (Å²) in [5.41, 5.74) is 9.10. The van der Waals surface area contributed by atoms with Crippen molar-refractivity contribution in [3.8, 4) is 12.3 Å². The van der Waals surface area contributed by atoms with E-state index < -0.39 is 0 Å².